The molecule has 2 atom stereocenters. The summed E-state index contributed by atoms with van der Waals surface area (Å²) < 4.78 is 19.1. The molecule has 1 aliphatic rings. The van der Waals surface area contributed by atoms with Crippen molar-refractivity contribution in [2.75, 3.05) is 31.7 Å². The summed E-state index contributed by atoms with van der Waals surface area (Å²) in [6, 6.07) is 5.60. The summed E-state index contributed by atoms with van der Waals surface area (Å²) in [6.45, 7) is 6.73. The van der Waals surface area contributed by atoms with E-state index in [9.17, 15) is 4.39 Å². The second kappa shape index (κ2) is 7.04. The van der Waals surface area contributed by atoms with Gasteiger partial charge in [-0.15, -0.1) is 0 Å². The van der Waals surface area contributed by atoms with Crippen LogP contribution in [0.1, 0.15) is 38.3 Å². The Morgan fingerprint density at radius 3 is 2.95 bits per heavy atom. The Morgan fingerprint density at radius 1 is 1.50 bits per heavy atom. The van der Waals surface area contributed by atoms with E-state index in [1.807, 2.05) is 6.07 Å². The van der Waals surface area contributed by atoms with E-state index >= 15 is 0 Å². The van der Waals surface area contributed by atoms with Gasteiger partial charge >= 0.3 is 0 Å². The summed E-state index contributed by atoms with van der Waals surface area (Å²) >= 11 is 0. The molecule has 20 heavy (non-hydrogen) atoms. The van der Waals surface area contributed by atoms with E-state index in [2.05, 4.69) is 31.1 Å². The second-order valence-corrected chi connectivity index (χ2v) is 5.51. The number of ether oxygens (including phenoxy) is 1. The number of anilines is 1. The molecule has 1 fully saturated rings. The Morgan fingerprint density at radius 2 is 2.30 bits per heavy atom. The highest BCUT2D eigenvalue weighted by Crippen LogP contribution is 2.29. The average molecular weight is 280 g/mol. The molecule has 1 aromatic carbocycles. The van der Waals surface area contributed by atoms with E-state index in [1.165, 1.54) is 6.07 Å². The Labute approximate surface area is 121 Å². The number of nitrogens with one attached hydrogen (secondary N) is 1. The van der Waals surface area contributed by atoms with Crippen molar-refractivity contribution in [1.82, 2.24) is 5.32 Å². The number of likely N-dealkylation sites (N-methyl/N-ethyl adjacent to an activating group) is 1. The highest BCUT2D eigenvalue weighted by Gasteiger charge is 2.23. The minimum absolute atomic E-state index is 0.144. The van der Waals surface area contributed by atoms with Crippen LogP contribution in [0.25, 0.3) is 0 Å². The zero-order valence-electron chi connectivity index (χ0n) is 12.7. The molecule has 3 nitrogen and oxygen atoms in total. The molecule has 0 radical (unpaired) electrons. The number of benzene rings is 1. The molecule has 0 saturated carbocycles. The van der Waals surface area contributed by atoms with Crippen molar-refractivity contribution < 1.29 is 9.13 Å². The van der Waals surface area contributed by atoms with Crippen LogP contribution in [-0.4, -0.2) is 32.8 Å². The summed E-state index contributed by atoms with van der Waals surface area (Å²) in [6.07, 6.45) is 2.10. The average Bonchev–Trinajstić information content (AvgIpc) is 2.98. The van der Waals surface area contributed by atoms with Gasteiger partial charge in [-0.05, 0) is 50.1 Å². The topological polar surface area (TPSA) is 24.5 Å². The van der Waals surface area contributed by atoms with Crippen molar-refractivity contribution in [2.45, 2.75) is 38.8 Å². The predicted molar refractivity (Wildman–Crippen MR) is 80.7 cm³/mol. The van der Waals surface area contributed by atoms with E-state index < -0.39 is 0 Å². The lowest BCUT2D eigenvalue weighted by molar-refractivity contribution is 0.193. The monoisotopic (exact) mass is 280 g/mol. The number of rotatable bonds is 6. The molecule has 2 unspecified atom stereocenters. The molecule has 0 bridgehead atoms. The lowest BCUT2D eigenvalue weighted by atomic mass is 10.0. The summed E-state index contributed by atoms with van der Waals surface area (Å²) in [7, 11) is 2.07. The highest BCUT2D eigenvalue weighted by molar-refractivity contribution is 5.55. The lowest BCUT2D eigenvalue weighted by Crippen LogP contribution is -2.33. The molecule has 4 heteroatoms. The van der Waals surface area contributed by atoms with E-state index in [-0.39, 0.29) is 11.9 Å². The third-order valence-electron chi connectivity index (χ3n) is 3.99. The molecular formula is C16H25FN2O. The summed E-state index contributed by atoms with van der Waals surface area (Å²) in [5, 5.41) is 3.44. The van der Waals surface area contributed by atoms with E-state index in [1.54, 1.807) is 6.07 Å². The molecular weight excluding hydrogens is 255 g/mol. The number of nitrogens with zero attached hydrogens (tertiary/aromatic N) is 1. The second-order valence-electron chi connectivity index (χ2n) is 5.51. The molecule has 1 N–H and O–H groups in total. The Kier molecular flexibility index (Phi) is 5.38. The van der Waals surface area contributed by atoms with Gasteiger partial charge < -0.3 is 15.0 Å². The highest BCUT2D eigenvalue weighted by atomic mass is 19.1. The van der Waals surface area contributed by atoms with Gasteiger partial charge in [-0.1, -0.05) is 6.92 Å². The van der Waals surface area contributed by atoms with Crippen molar-refractivity contribution >= 4 is 5.69 Å². The van der Waals surface area contributed by atoms with Gasteiger partial charge in [-0.2, -0.15) is 0 Å². The SMILES string of the molecule is CCCNC(C)c1cc(F)ccc1N(C)C1CCOC1. The minimum Gasteiger partial charge on any atom is -0.379 e. The zero-order chi connectivity index (χ0) is 14.5. The molecule has 112 valence electrons. The van der Waals surface area contributed by atoms with E-state index in [0.717, 1.165) is 43.9 Å². The fraction of sp³-hybridized carbons (Fsp3) is 0.625. The van der Waals surface area contributed by atoms with Gasteiger partial charge in [-0.25, -0.2) is 4.39 Å². The van der Waals surface area contributed by atoms with Gasteiger partial charge in [0.2, 0.25) is 0 Å². The van der Waals surface area contributed by atoms with Gasteiger partial charge in [0.25, 0.3) is 0 Å². The molecule has 0 spiro atoms. The molecule has 1 saturated heterocycles. The third-order valence-corrected chi connectivity index (χ3v) is 3.99. The molecule has 1 heterocycles. The first-order chi connectivity index (χ1) is 9.63. The Bertz CT molecular complexity index is 432. The van der Waals surface area contributed by atoms with Crippen molar-refractivity contribution in [3.05, 3.63) is 29.6 Å². The van der Waals surface area contributed by atoms with Crippen molar-refractivity contribution in [1.29, 1.82) is 0 Å². The number of hydrogen-bond donors (Lipinski definition) is 1. The van der Waals surface area contributed by atoms with Gasteiger partial charge in [0.15, 0.2) is 0 Å². The van der Waals surface area contributed by atoms with Crippen LogP contribution in [0.15, 0.2) is 18.2 Å². The lowest BCUT2D eigenvalue weighted by Gasteiger charge is -2.29. The predicted octanol–water partition coefficient (Wildman–Crippen LogP) is 3.11. The third kappa shape index (κ3) is 3.49. The maximum atomic E-state index is 13.6. The van der Waals surface area contributed by atoms with Crippen LogP contribution in [0.5, 0.6) is 0 Å². The van der Waals surface area contributed by atoms with Crippen molar-refractivity contribution in [3.63, 3.8) is 0 Å². The quantitative estimate of drug-likeness (QED) is 0.866. The first-order valence-corrected chi connectivity index (χ1v) is 7.47. The molecule has 2 rings (SSSR count). The molecule has 1 aliphatic heterocycles. The van der Waals surface area contributed by atoms with Crippen LogP contribution >= 0.6 is 0 Å². The Balaban J connectivity index is 2.22. The molecule has 0 aromatic heterocycles. The first-order valence-electron chi connectivity index (χ1n) is 7.47. The molecule has 1 aromatic rings. The van der Waals surface area contributed by atoms with Gasteiger partial charge in [0.1, 0.15) is 5.82 Å². The number of halogens is 1. The maximum absolute atomic E-state index is 13.6. The molecule has 0 aliphatic carbocycles. The Hall–Kier alpha value is -1.13. The minimum atomic E-state index is -0.176. The van der Waals surface area contributed by atoms with Crippen LogP contribution in [-0.2, 0) is 4.74 Å². The molecule has 0 amide bonds. The first kappa shape index (κ1) is 15.3. The van der Waals surface area contributed by atoms with E-state index in [0.29, 0.717) is 6.04 Å². The van der Waals surface area contributed by atoms with Crippen LogP contribution in [0.2, 0.25) is 0 Å². The largest absolute Gasteiger partial charge is 0.379 e. The smallest absolute Gasteiger partial charge is 0.123 e. The number of hydrogen-bond acceptors (Lipinski definition) is 3. The van der Waals surface area contributed by atoms with E-state index in [4.69, 9.17) is 4.74 Å². The van der Waals surface area contributed by atoms with Gasteiger partial charge in [-0.3, -0.25) is 0 Å². The van der Waals surface area contributed by atoms with Crippen LogP contribution in [0.3, 0.4) is 0 Å². The normalized spacial score (nSPS) is 20.1. The zero-order valence-corrected chi connectivity index (χ0v) is 12.7. The van der Waals surface area contributed by atoms with Crippen molar-refractivity contribution in [2.24, 2.45) is 0 Å². The fourth-order valence-electron chi connectivity index (χ4n) is 2.69. The summed E-state index contributed by atoms with van der Waals surface area (Å²) in [4.78, 5) is 2.23. The van der Waals surface area contributed by atoms with Gasteiger partial charge in [0.05, 0.1) is 12.6 Å². The summed E-state index contributed by atoms with van der Waals surface area (Å²) in [5.41, 5.74) is 2.12. The van der Waals surface area contributed by atoms with Gasteiger partial charge in [0, 0.05) is 25.4 Å². The maximum Gasteiger partial charge on any atom is 0.123 e. The standard InChI is InChI=1S/C16H25FN2O/c1-4-8-18-12(2)15-10-13(17)5-6-16(15)19(3)14-7-9-20-11-14/h5-6,10,12,14,18H,4,7-9,11H2,1-3H3. The van der Waals surface area contributed by atoms with Crippen LogP contribution < -0.4 is 10.2 Å². The fourth-order valence-corrected chi connectivity index (χ4v) is 2.69. The van der Waals surface area contributed by atoms with Crippen LogP contribution in [0, 0.1) is 5.82 Å². The van der Waals surface area contributed by atoms with Crippen LogP contribution in [0.4, 0.5) is 10.1 Å². The summed E-state index contributed by atoms with van der Waals surface area (Å²) in [5.74, 6) is -0.176. The van der Waals surface area contributed by atoms with Crippen molar-refractivity contribution in [3.8, 4) is 0 Å².